The highest BCUT2D eigenvalue weighted by molar-refractivity contribution is 7.10. The summed E-state index contributed by atoms with van der Waals surface area (Å²) in [6.07, 6.45) is 2.44. The largest absolute Gasteiger partial charge is 0.497 e. The zero-order valence-electron chi connectivity index (χ0n) is 21.7. The summed E-state index contributed by atoms with van der Waals surface area (Å²) in [6.45, 7) is 9.29. The van der Waals surface area contributed by atoms with Gasteiger partial charge in [0.1, 0.15) is 24.7 Å². The topological polar surface area (TPSA) is 59.1 Å². The lowest BCUT2D eigenvalue weighted by Crippen LogP contribution is -2.47. The van der Waals surface area contributed by atoms with Gasteiger partial charge < -0.3 is 19.3 Å². The quantitative estimate of drug-likeness (QED) is 0.323. The van der Waals surface area contributed by atoms with Crippen molar-refractivity contribution in [1.82, 2.24) is 9.80 Å². The van der Waals surface area contributed by atoms with E-state index in [4.69, 9.17) is 9.47 Å². The molecule has 2 amide bonds. The van der Waals surface area contributed by atoms with E-state index in [1.165, 1.54) is 15.3 Å². The zero-order valence-corrected chi connectivity index (χ0v) is 22.5. The molecular formula is C30H34N2O4S. The summed E-state index contributed by atoms with van der Waals surface area (Å²) in [6, 6.07) is 16.9. The number of carbonyl (C=O) groups is 2. The van der Waals surface area contributed by atoms with E-state index in [-0.39, 0.29) is 30.9 Å². The van der Waals surface area contributed by atoms with Gasteiger partial charge in [0.2, 0.25) is 5.91 Å². The SMILES string of the molecule is C=CCN(CC(=O)N1CCc2sccc2C1COc1ccc(C(C)C)cc1)C(=O)c1ccc(OC)cc1. The number of ether oxygens (including phenoxy) is 2. The molecule has 1 aliphatic rings. The smallest absolute Gasteiger partial charge is 0.254 e. The third kappa shape index (κ3) is 6.23. The van der Waals surface area contributed by atoms with Gasteiger partial charge in [0, 0.05) is 23.5 Å². The summed E-state index contributed by atoms with van der Waals surface area (Å²) < 4.78 is 11.4. The Labute approximate surface area is 223 Å². The fraction of sp³-hybridized carbons (Fsp3) is 0.333. The molecule has 1 atom stereocenters. The molecule has 0 N–H and O–H groups in total. The van der Waals surface area contributed by atoms with E-state index < -0.39 is 0 Å². The van der Waals surface area contributed by atoms with E-state index >= 15 is 0 Å². The maximum absolute atomic E-state index is 13.6. The highest BCUT2D eigenvalue weighted by Gasteiger charge is 2.33. The van der Waals surface area contributed by atoms with Crippen LogP contribution in [0.15, 0.2) is 72.6 Å². The summed E-state index contributed by atoms with van der Waals surface area (Å²) in [5.74, 6) is 1.58. The molecule has 4 rings (SSSR count). The number of rotatable bonds is 10. The van der Waals surface area contributed by atoms with Crippen molar-refractivity contribution in [1.29, 1.82) is 0 Å². The van der Waals surface area contributed by atoms with E-state index in [2.05, 4.69) is 44.0 Å². The summed E-state index contributed by atoms with van der Waals surface area (Å²) in [4.78, 5) is 31.5. The highest BCUT2D eigenvalue weighted by Crippen LogP contribution is 2.34. The number of fused-ring (bicyclic) bond motifs is 1. The van der Waals surface area contributed by atoms with Crippen molar-refractivity contribution in [3.8, 4) is 11.5 Å². The third-order valence-corrected chi connectivity index (χ3v) is 7.67. The van der Waals surface area contributed by atoms with Crippen LogP contribution in [-0.2, 0) is 11.2 Å². The van der Waals surface area contributed by atoms with E-state index in [0.717, 1.165) is 17.7 Å². The van der Waals surface area contributed by atoms with Crippen LogP contribution in [-0.4, -0.2) is 55.0 Å². The van der Waals surface area contributed by atoms with Crippen molar-refractivity contribution in [3.05, 3.63) is 94.2 Å². The van der Waals surface area contributed by atoms with Crippen molar-refractivity contribution in [2.75, 3.05) is 33.4 Å². The van der Waals surface area contributed by atoms with Crippen molar-refractivity contribution in [2.24, 2.45) is 0 Å². The summed E-state index contributed by atoms with van der Waals surface area (Å²) in [7, 11) is 1.58. The zero-order chi connectivity index (χ0) is 26.4. The van der Waals surface area contributed by atoms with Gasteiger partial charge in [-0.25, -0.2) is 0 Å². The van der Waals surface area contributed by atoms with Crippen LogP contribution in [0, 0.1) is 0 Å². The first-order valence-electron chi connectivity index (χ1n) is 12.5. The first-order chi connectivity index (χ1) is 17.9. The van der Waals surface area contributed by atoms with Gasteiger partial charge in [-0.15, -0.1) is 17.9 Å². The van der Waals surface area contributed by atoms with Crippen molar-refractivity contribution in [3.63, 3.8) is 0 Å². The summed E-state index contributed by atoms with van der Waals surface area (Å²) >= 11 is 1.72. The van der Waals surface area contributed by atoms with Crippen LogP contribution in [0.1, 0.15) is 52.2 Å². The average Bonchev–Trinajstić information content (AvgIpc) is 3.40. The van der Waals surface area contributed by atoms with Gasteiger partial charge in [0.15, 0.2) is 0 Å². The maximum atomic E-state index is 13.6. The fourth-order valence-corrected chi connectivity index (χ4v) is 5.47. The van der Waals surface area contributed by atoms with E-state index in [1.807, 2.05) is 17.0 Å². The van der Waals surface area contributed by atoms with E-state index in [1.54, 1.807) is 48.8 Å². The second kappa shape index (κ2) is 12.1. The van der Waals surface area contributed by atoms with Crippen LogP contribution in [0.2, 0.25) is 0 Å². The molecule has 2 aromatic carbocycles. The highest BCUT2D eigenvalue weighted by atomic mass is 32.1. The average molecular weight is 519 g/mol. The van der Waals surface area contributed by atoms with Crippen LogP contribution in [0.5, 0.6) is 11.5 Å². The molecule has 0 spiro atoms. The third-order valence-electron chi connectivity index (χ3n) is 6.67. The number of thiophene rings is 1. The molecule has 194 valence electrons. The molecule has 7 heteroatoms. The molecule has 0 saturated heterocycles. The monoisotopic (exact) mass is 518 g/mol. The Balaban J connectivity index is 1.49. The molecule has 0 saturated carbocycles. The molecular weight excluding hydrogens is 484 g/mol. The molecule has 0 radical (unpaired) electrons. The van der Waals surface area contributed by atoms with E-state index in [0.29, 0.717) is 30.4 Å². The van der Waals surface area contributed by atoms with Crippen LogP contribution >= 0.6 is 11.3 Å². The van der Waals surface area contributed by atoms with Crippen molar-refractivity contribution >= 4 is 23.2 Å². The Kier molecular flexibility index (Phi) is 8.66. The molecule has 0 aliphatic carbocycles. The lowest BCUT2D eigenvalue weighted by Gasteiger charge is -2.37. The fourth-order valence-electron chi connectivity index (χ4n) is 4.54. The Bertz CT molecular complexity index is 1220. The number of hydrogen-bond acceptors (Lipinski definition) is 5. The maximum Gasteiger partial charge on any atom is 0.254 e. The Hall–Kier alpha value is -3.58. The molecule has 1 unspecified atom stereocenters. The van der Waals surface area contributed by atoms with Gasteiger partial charge in [-0.3, -0.25) is 9.59 Å². The number of hydrogen-bond donors (Lipinski definition) is 0. The Morgan fingerprint density at radius 2 is 1.81 bits per heavy atom. The first kappa shape index (κ1) is 26.5. The summed E-state index contributed by atoms with van der Waals surface area (Å²) in [5, 5.41) is 2.07. The van der Waals surface area contributed by atoms with Gasteiger partial charge >= 0.3 is 0 Å². The van der Waals surface area contributed by atoms with Gasteiger partial charge in [0.05, 0.1) is 13.2 Å². The number of nitrogens with zero attached hydrogens (tertiary/aromatic N) is 2. The van der Waals surface area contributed by atoms with Crippen LogP contribution < -0.4 is 9.47 Å². The lowest BCUT2D eigenvalue weighted by atomic mass is 10.00. The van der Waals surface area contributed by atoms with Crippen LogP contribution in [0.3, 0.4) is 0 Å². The predicted molar refractivity (Wildman–Crippen MR) is 148 cm³/mol. The Morgan fingerprint density at radius 1 is 1.11 bits per heavy atom. The normalized spacial score (nSPS) is 14.7. The van der Waals surface area contributed by atoms with Gasteiger partial charge in [-0.1, -0.05) is 32.1 Å². The molecule has 2 heterocycles. The molecule has 0 fully saturated rings. The van der Waals surface area contributed by atoms with Crippen LogP contribution in [0.25, 0.3) is 0 Å². The van der Waals surface area contributed by atoms with Gasteiger partial charge in [0.25, 0.3) is 5.91 Å². The Morgan fingerprint density at radius 3 is 2.46 bits per heavy atom. The molecule has 37 heavy (non-hydrogen) atoms. The number of carbonyl (C=O) groups excluding carboxylic acids is 2. The van der Waals surface area contributed by atoms with Crippen molar-refractivity contribution < 1.29 is 19.1 Å². The molecule has 3 aromatic rings. The van der Waals surface area contributed by atoms with Gasteiger partial charge in [-0.2, -0.15) is 0 Å². The van der Waals surface area contributed by atoms with E-state index in [9.17, 15) is 9.59 Å². The van der Waals surface area contributed by atoms with Crippen LogP contribution in [0.4, 0.5) is 0 Å². The minimum Gasteiger partial charge on any atom is -0.497 e. The second-order valence-electron chi connectivity index (χ2n) is 9.39. The molecule has 1 aromatic heterocycles. The van der Waals surface area contributed by atoms with Gasteiger partial charge in [-0.05, 0) is 71.3 Å². The predicted octanol–water partition coefficient (Wildman–Crippen LogP) is 5.71. The molecule has 1 aliphatic heterocycles. The standard InChI is InChI=1S/C30H34N2O4S/c1-5-16-31(30(34)23-8-10-24(35-4)11-9-23)19-29(33)32-17-14-28-26(15-18-37-28)27(32)20-36-25-12-6-22(7-13-25)21(2)3/h5-13,15,18,21,27H,1,14,16-17,19-20H2,2-4H3. The number of methoxy groups -OCH3 is 1. The van der Waals surface area contributed by atoms with Crippen molar-refractivity contribution in [2.45, 2.75) is 32.2 Å². The number of benzene rings is 2. The lowest BCUT2D eigenvalue weighted by molar-refractivity contribution is -0.135. The number of amides is 2. The minimum absolute atomic E-state index is 0.0318. The molecule has 0 bridgehead atoms. The molecule has 6 nitrogen and oxygen atoms in total. The minimum atomic E-state index is -0.220. The second-order valence-corrected chi connectivity index (χ2v) is 10.4. The first-order valence-corrected chi connectivity index (χ1v) is 13.4. The summed E-state index contributed by atoms with van der Waals surface area (Å²) in [5.41, 5.74) is 2.88.